The molecule has 1 unspecified atom stereocenters. The number of carbonyl (C=O) groups excluding carboxylic acids is 2. The lowest BCUT2D eigenvalue weighted by Gasteiger charge is -2.18. The maximum atomic E-state index is 12.9. The number of aliphatic hydroxyl groups excluding tert-OH is 1. The van der Waals surface area contributed by atoms with Crippen molar-refractivity contribution in [2.75, 3.05) is 30.4 Å². The number of aliphatic hydroxyl groups is 1. The number of anilines is 1. The molecule has 2 aromatic carbocycles. The highest BCUT2D eigenvalue weighted by Gasteiger charge is 2.37. The second-order valence-corrected chi connectivity index (χ2v) is 8.78. The molecule has 0 aliphatic carbocycles. The van der Waals surface area contributed by atoms with Gasteiger partial charge in [0.25, 0.3) is 0 Å². The third-order valence-corrected chi connectivity index (χ3v) is 6.42. The van der Waals surface area contributed by atoms with Crippen LogP contribution < -0.4 is 9.64 Å². The zero-order valence-corrected chi connectivity index (χ0v) is 18.5. The third-order valence-electron chi connectivity index (χ3n) is 4.98. The van der Waals surface area contributed by atoms with E-state index in [1.807, 2.05) is 35.2 Å². The molecule has 3 rings (SSSR count). The van der Waals surface area contributed by atoms with Crippen molar-refractivity contribution in [3.05, 3.63) is 58.6 Å². The maximum Gasteiger partial charge on any atom is 0.244 e. The predicted molar refractivity (Wildman–Crippen MR) is 122 cm³/mol. The van der Waals surface area contributed by atoms with E-state index in [-0.39, 0.29) is 23.5 Å². The molecule has 1 heterocycles. The summed E-state index contributed by atoms with van der Waals surface area (Å²) in [5.41, 5.74) is 2.43. The maximum absolute atomic E-state index is 12.9. The molecule has 1 amide bonds. The summed E-state index contributed by atoms with van der Waals surface area (Å²) in [5, 5.41) is 9.44. The van der Waals surface area contributed by atoms with E-state index < -0.39 is 0 Å². The lowest BCUT2D eigenvalue weighted by Crippen LogP contribution is -2.29. The van der Waals surface area contributed by atoms with Gasteiger partial charge in [0, 0.05) is 23.0 Å². The van der Waals surface area contributed by atoms with Crippen molar-refractivity contribution < 1.29 is 19.4 Å². The molecule has 160 valence electrons. The van der Waals surface area contributed by atoms with Gasteiger partial charge < -0.3 is 14.7 Å². The molecule has 1 aliphatic rings. The minimum absolute atomic E-state index is 0.00876. The number of carbonyl (C=O) groups is 2. The van der Waals surface area contributed by atoms with Gasteiger partial charge >= 0.3 is 0 Å². The largest absolute Gasteiger partial charge is 0.493 e. The summed E-state index contributed by atoms with van der Waals surface area (Å²) in [4.78, 5) is 26.4. The van der Waals surface area contributed by atoms with Crippen LogP contribution in [0.25, 0.3) is 0 Å². The first-order valence-corrected chi connectivity index (χ1v) is 11.5. The first-order valence-electron chi connectivity index (χ1n) is 10.1. The van der Waals surface area contributed by atoms with E-state index in [9.17, 15) is 9.59 Å². The van der Waals surface area contributed by atoms with Gasteiger partial charge in [-0.05, 0) is 62.1 Å². The molecule has 0 bridgehead atoms. The average Bonchev–Trinajstić information content (AvgIpc) is 2.99. The van der Waals surface area contributed by atoms with Gasteiger partial charge in [-0.3, -0.25) is 9.59 Å². The van der Waals surface area contributed by atoms with Gasteiger partial charge in [0.1, 0.15) is 11.0 Å². The first kappa shape index (κ1) is 22.7. The van der Waals surface area contributed by atoms with Crippen LogP contribution in [0.5, 0.6) is 5.75 Å². The van der Waals surface area contributed by atoms with Crippen molar-refractivity contribution >= 4 is 40.7 Å². The molecule has 0 radical (unpaired) electrons. The Morgan fingerprint density at radius 3 is 2.77 bits per heavy atom. The SMILES string of the molecule is CC(=O)c1ccccc1OCCCCCN1C(=O)C(SCCO)c2cc(Cl)ccc21. The normalized spacial score (nSPS) is 15.4. The number of ether oxygens (including phenoxy) is 1. The fourth-order valence-electron chi connectivity index (χ4n) is 3.55. The highest BCUT2D eigenvalue weighted by Crippen LogP contribution is 2.44. The van der Waals surface area contributed by atoms with E-state index in [0.717, 1.165) is 30.5 Å². The average molecular weight is 448 g/mol. The van der Waals surface area contributed by atoms with Crippen LogP contribution in [0, 0.1) is 0 Å². The van der Waals surface area contributed by atoms with Crippen molar-refractivity contribution in [1.82, 2.24) is 0 Å². The number of para-hydroxylation sites is 1. The number of hydrogen-bond donors (Lipinski definition) is 1. The number of thioether (sulfide) groups is 1. The third kappa shape index (κ3) is 5.36. The van der Waals surface area contributed by atoms with E-state index >= 15 is 0 Å². The molecule has 0 aromatic heterocycles. The molecule has 2 aromatic rings. The quantitative estimate of drug-likeness (QED) is 0.391. The van der Waals surface area contributed by atoms with Crippen LogP contribution in [0.3, 0.4) is 0 Å². The molecule has 30 heavy (non-hydrogen) atoms. The minimum atomic E-state index is -0.308. The van der Waals surface area contributed by atoms with Crippen LogP contribution in [0.15, 0.2) is 42.5 Å². The van der Waals surface area contributed by atoms with Crippen LogP contribution in [0.4, 0.5) is 5.69 Å². The van der Waals surface area contributed by atoms with Crippen LogP contribution in [0.2, 0.25) is 5.02 Å². The van der Waals surface area contributed by atoms with Gasteiger partial charge in [-0.25, -0.2) is 0 Å². The van der Waals surface area contributed by atoms with E-state index in [4.69, 9.17) is 21.4 Å². The number of benzene rings is 2. The number of hydrogen-bond acceptors (Lipinski definition) is 5. The topological polar surface area (TPSA) is 66.8 Å². The lowest BCUT2D eigenvalue weighted by molar-refractivity contribution is -0.117. The second kappa shape index (κ2) is 10.8. The Hall–Kier alpha value is -2.02. The summed E-state index contributed by atoms with van der Waals surface area (Å²) in [7, 11) is 0. The van der Waals surface area contributed by atoms with Gasteiger partial charge in [-0.15, -0.1) is 11.8 Å². The Bertz CT molecular complexity index is 905. The van der Waals surface area contributed by atoms with Gasteiger partial charge in [0.2, 0.25) is 5.91 Å². The number of amides is 1. The van der Waals surface area contributed by atoms with E-state index in [2.05, 4.69) is 0 Å². The lowest BCUT2D eigenvalue weighted by atomic mass is 10.1. The molecule has 0 saturated carbocycles. The molecule has 1 aliphatic heterocycles. The Morgan fingerprint density at radius 1 is 1.20 bits per heavy atom. The summed E-state index contributed by atoms with van der Waals surface area (Å²) < 4.78 is 5.78. The van der Waals surface area contributed by atoms with Gasteiger partial charge in [-0.2, -0.15) is 0 Å². The highest BCUT2D eigenvalue weighted by molar-refractivity contribution is 8.00. The summed E-state index contributed by atoms with van der Waals surface area (Å²) in [6, 6.07) is 12.8. The Kier molecular flexibility index (Phi) is 8.19. The summed E-state index contributed by atoms with van der Waals surface area (Å²) in [6.45, 7) is 2.73. The minimum Gasteiger partial charge on any atom is -0.493 e. The van der Waals surface area contributed by atoms with Crippen LogP contribution in [0.1, 0.15) is 47.4 Å². The Balaban J connectivity index is 1.50. The van der Waals surface area contributed by atoms with Crippen molar-refractivity contribution in [3.63, 3.8) is 0 Å². The number of unbranched alkanes of at least 4 members (excludes halogenated alkanes) is 2. The Morgan fingerprint density at radius 2 is 2.00 bits per heavy atom. The molecule has 7 heteroatoms. The molecule has 0 saturated heterocycles. The fraction of sp³-hybridized carbons (Fsp3) is 0.391. The number of ketones is 1. The molecule has 0 fully saturated rings. The van der Waals surface area contributed by atoms with E-state index in [1.165, 1.54) is 18.7 Å². The summed E-state index contributed by atoms with van der Waals surface area (Å²) >= 11 is 7.59. The van der Waals surface area contributed by atoms with Gasteiger partial charge in [0.05, 0.1) is 18.8 Å². The number of rotatable bonds is 11. The predicted octanol–water partition coefficient (Wildman–Crippen LogP) is 4.91. The monoisotopic (exact) mass is 447 g/mol. The smallest absolute Gasteiger partial charge is 0.244 e. The molecule has 0 spiro atoms. The fourth-order valence-corrected chi connectivity index (χ4v) is 4.71. The summed E-state index contributed by atoms with van der Waals surface area (Å²) in [6.07, 6.45) is 2.59. The van der Waals surface area contributed by atoms with Crippen molar-refractivity contribution in [3.8, 4) is 5.75 Å². The zero-order valence-electron chi connectivity index (χ0n) is 17.0. The summed E-state index contributed by atoms with van der Waals surface area (Å²) in [5.74, 6) is 1.17. The van der Waals surface area contributed by atoms with Gasteiger partial charge in [0.15, 0.2) is 5.78 Å². The van der Waals surface area contributed by atoms with Crippen molar-refractivity contribution in [2.45, 2.75) is 31.4 Å². The number of nitrogens with zero attached hydrogens (tertiary/aromatic N) is 1. The molecule has 1 atom stereocenters. The molecule has 5 nitrogen and oxygen atoms in total. The molecule has 1 N–H and O–H groups in total. The van der Waals surface area contributed by atoms with Crippen LogP contribution in [-0.4, -0.2) is 42.3 Å². The molecular formula is C23H26ClNO4S. The number of halogens is 1. The van der Waals surface area contributed by atoms with Crippen molar-refractivity contribution in [1.29, 1.82) is 0 Å². The molecular weight excluding hydrogens is 422 g/mol. The van der Waals surface area contributed by atoms with Crippen LogP contribution >= 0.6 is 23.4 Å². The Labute approximate surface area is 186 Å². The van der Waals surface area contributed by atoms with E-state index in [1.54, 1.807) is 12.1 Å². The van der Waals surface area contributed by atoms with Gasteiger partial charge in [-0.1, -0.05) is 23.7 Å². The number of fused-ring (bicyclic) bond motifs is 1. The van der Waals surface area contributed by atoms with Crippen molar-refractivity contribution in [2.24, 2.45) is 0 Å². The second-order valence-electron chi connectivity index (χ2n) is 7.13. The van der Waals surface area contributed by atoms with E-state index in [0.29, 0.717) is 35.2 Å². The van der Waals surface area contributed by atoms with Crippen LogP contribution in [-0.2, 0) is 4.79 Å². The first-order chi connectivity index (χ1) is 14.5. The standard InChI is InChI=1S/C23H26ClNO4S/c1-16(27)18-7-3-4-8-21(18)29-13-6-2-5-11-25-20-10-9-17(24)15-19(20)22(23(25)28)30-14-12-26/h3-4,7-10,15,22,26H,2,5-6,11-14H2,1H3. The highest BCUT2D eigenvalue weighted by atomic mass is 35.5. The number of Topliss-reactive ketones (excluding diaryl/α,β-unsaturated/α-hetero) is 1. The zero-order chi connectivity index (χ0) is 21.5.